The summed E-state index contributed by atoms with van der Waals surface area (Å²) >= 11 is 3.40. The zero-order valence-corrected chi connectivity index (χ0v) is 12.0. The standard InChI is InChI=1S/C13H13BrN2O2/c1-7-9(3)16-18-13(7)15-12(17)10-5-4-6-11(14)8(10)2/h4-6H,1-3H3,(H,15,17). The number of aromatic nitrogens is 1. The third-order valence-corrected chi connectivity index (χ3v) is 3.76. The van der Waals surface area contributed by atoms with Crippen LogP contribution in [0.1, 0.15) is 27.2 Å². The maximum Gasteiger partial charge on any atom is 0.258 e. The first kappa shape index (κ1) is 12.8. The Morgan fingerprint density at radius 2 is 2.00 bits per heavy atom. The molecule has 1 amide bonds. The number of benzene rings is 1. The van der Waals surface area contributed by atoms with Gasteiger partial charge < -0.3 is 4.52 Å². The van der Waals surface area contributed by atoms with Crippen LogP contribution in [0.3, 0.4) is 0 Å². The van der Waals surface area contributed by atoms with Crippen LogP contribution < -0.4 is 5.32 Å². The number of aryl methyl sites for hydroxylation is 1. The van der Waals surface area contributed by atoms with Crippen LogP contribution in [0.5, 0.6) is 0 Å². The lowest BCUT2D eigenvalue weighted by atomic mass is 10.1. The first-order valence-electron chi connectivity index (χ1n) is 5.50. The van der Waals surface area contributed by atoms with Crippen molar-refractivity contribution in [1.29, 1.82) is 0 Å². The van der Waals surface area contributed by atoms with Crippen LogP contribution in [-0.4, -0.2) is 11.1 Å². The largest absolute Gasteiger partial charge is 0.338 e. The van der Waals surface area contributed by atoms with Crippen molar-refractivity contribution in [2.24, 2.45) is 0 Å². The van der Waals surface area contributed by atoms with Crippen molar-refractivity contribution in [3.05, 3.63) is 45.1 Å². The van der Waals surface area contributed by atoms with Gasteiger partial charge in [0.2, 0.25) is 5.88 Å². The molecular formula is C13H13BrN2O2. The average molecular weight is 309 g/mol. The van der Waals surface area contributed by atoms with E-state index in [1.165, 1.54) is 0 Å². The molecule has 0 fully saturated rings. The second-order valence-corrected chi connectivity index (χ2v) is 4.94. The van der Waals surface area contributed by atoms with Gasteiger partial charge in [-0.05, 0) is 38.5 Å². The third kappa shape index (κ3) is 2.31. The number of anilines is 1. The Hall–Kier alpha value is -1.62. The van der Waals surface area contributed by atoms with Gasteiger partial charge in [-0.3, -0.25) is 10.1 Å². The lowest BCUT2D eigenvalue weighted by Gasteiger charge is -2.07. The summed E-state index contributed by atoms with van der Waals surface area (Å²) in [5.41, 5.74) is 3.12. The molecule has 1 heterocycles. The first-order chi connectivity index (χ1) is 8.50. The summed E-state index contributed by atoms with van der Waals surface area (Å²) in [6.07, 6.45) is 0. The molecular weight excluding hydrogens is 296 g/mol. The average Bonchev–Trinajstić information content (AvgIpc) is 2.64. The molecule has 2 rings (SSSR count). The molecule has 0 saturated carbocycles. The Kier molecular flexibility index (Phi) is 3.52. The summed E-state index contributed by atoms with van der Waals surface area (Å²) in [6.45, 7) is 5.57. The maximum atomic E-state index is 12.1. The molecule has 0 bridgehead atoms. The zero-order valence-electron chi connectivity index (χ0n) is 10.4. The summed E-state index contributed by atoms with van der Waals surface area (Å²) in [4.78, 5) is 12.1. The normalized spacial score (nSPS) is 10.4. The molecule has 0 unspecified atom stereocenters. The van der Waals surface area contributed by atoms with Crippen LogP contribution in [0.2, 0.25) is 0 Å². The minimum absolute atomic E-state index is 0.201. The van der Waals surface area contributed by atoms with Crippen molar-refractivity contribution in [2.75, 3.05) is 5.32 Å². The maximum absolute atomic E-state index is 12.1. The fourth-order valence-corrected chi connectivity index (χ4v) is 1.92. The van der Waals surface area contributed by atoms with Crippen LogP contribution in [-0.2, 0) is 0 Å². The molecule has 5 heteroatoms. The number of carbonyl (C=O) groups is 1. The van der Waals surface area contributed by atoms with E-state index in [0.717, 1.165) is 21.3 Å². The van der Waals surface area contributed by atoms with Gasteiger partial charge in [0.15, 0.2) is 0 Å². The molecule has 4 nitrogen and oxygen atoms in total. The molecule has 0 saturated heterocycles. The molecule has 1 aromatic heterocycles. The highest BCUT2D eigenvalue weighted by atomic mass is 79.9. The van der Waals surface area contributed by atoms with E-state index < -0.39 is 0 Å². The van der Waals surface area contributed by atoms with Crippen molar-refractivity contribution in [3.8, 4) is 0 Å². The number of hydrogen-bond acceptors (Lipinski definition) is 3. The molecule has 0 spiro atoms. The van der Waals surface area contributed by atoms with Crippen molar-refractivity contribution < 1.29 is 9.32 Å². The number of amides is 1. The second kappa shape index (κ2) is 4.94. The molecule has 1 aromatic carbocycles. The number of hydrogen-bond donors (Lipinski definition) is 1. The lowest BCUT2D eigenvalue weighted by molar-refractivity contribution is 0.102. The van der Waals surface area contributed by atoms with E-state index in [4.69, 9.17) is 4.52 Å². The van der Waals surface area contributed by atoms with Crippen LogP contribution in [0.25, 0.3) is 0 Å². The Balaban J connectivity index is 2.28. The fraction of sp³-hybridized carbons (Fsp3) is 0.231. The fourth-order valence-electron chi connectivity index (χ4n) is 1.56. The number of halogens is 1. The van der Waals surface area contributed by atoms with Gasteiger partial charge in [-0.1, -0.05) is 27.2 Å². The van der Waals surface area contributed by atoms with Crippen LogP contribution >= 0.6 is 15.9 Å². The minimum Gasteiger partial charge on any atom is -0.338 e. The zero-order chi connectivity index (χ0) is 13.3. The van der Waals surface area contributed by atoms with Crippen LogP contribution in [0.15, 0.2) is 27.2 Å². The Morgan fingerprint density at radius 3 is 2.61 bits per heavy atom. The van der Waals surface area contributed by atoms with Gasteiger partial charge in [-0.25, -0.2) is 0 Å². The highest BCUT2D eigenvalue weighted by Crippen LogP contribution is 2.22. The van der Waals surface area contributed by atoms with Gasteiger partial charge in [0.25, 0.3) is 5.91 Å². The number of nitrogens with zero attached hydrogens (tertiary/aromatic N) is 1. The van der Waals surface area contributed by atoms with Gasteiger partial charge in [0.1, 0.15) is 0 Å². The van der Waals surface area contributed by atoms with E-state index in [1.807, 2.05) is 32.9 Å². The summed E-state index contributed by atoms with van der Waals surface area (Å²) in [6, 6.07) is 5.49. The van der Waals surface area contributed by atoms with E-state index in [1.54, 1.807) is 6.07 Å². The van der Waals surface area contributed by atoms with Gasteiger partial charge in [-0.2, -0.15) is 0 Å². The van der Waals surface area contributed by atoms with E-state index in [2.05, 4.69) is 26.4 Å². The van der Waals surface area contributed by atoms with Gasteiger partial charge in [0, 0.05) is 15.6 Å². The van der Waals surface area contributed by atoms with E-state index in [9.17, 15) is 4.79 Å². The number of carbonyl (C=O) groups excluding carboxylic acids is 1. The molecule has 0 aliphatic carbocycles. The van der Waals surface area contributed by atoms with Crippen molar-refractivity contribution in [2.45, 2.75) is 20.8 Å². The van der Waals surface area contributed by atoms with Crippen molar-refractivity contribution in [1.82, 2.24) is 5.16 Å². The van der Waals surface area contributed by atoms with Crippen LogP contribution in [0.4, 0.5) is 5.88 Å². The SMILES string of the molecule is Cc1noc(NC(=O)c2cccc(Br)c2C)c1C. The molecule has 0 aliphatic heterocycles. The van der Waals surface area contributed by atoms with E-state index in [0.29, 0.717) is 11.4 Å². The van der Waals surface area contributed by atoms with Gasteiger partial charge in [0.05, 0.1) is 5.69 Å². The summed E-state index contributed by atoms with van der Waals surface area (Å²) in [7, 11) is 0. The van der Waals surface area contributed by atoms with Crippen molar-refractivity contribution >= 4 is 27.7 Å². The molecule has 0 radical (unpaired) electrons. The molecule has 0 atom stereocenters. The van der Waals surface area contributed by atoms with Gasteiger partial charge in [-0.15, -0.1) is 0 Å². The van der Waals surface area contributed by atoms with E-state index in [-0.39, 0.29) is 5.91 Å². The molecule has 18 heavy (non-hydrogen) atoms. The highest BCUT2D eigenvalue weighted by Gasteiger charge is 2.15. The quantitative estimate of drug-likeness (QED) is 0.922. The lowest BCUT2D eigenvalue weighted by Crippen LogP contribution is -2.13. The van der Waals surface area contributed by atoms with Gasteiger partial charge >= 0.3 is 0 Å². The summed E-state index contributed by atoms with van der Waals surface area (Å²) in [5, 5.41) is 6.53. The summed E-state index contributed by atoms with van der Waals surface area (Å²) < 4.78 is 5.97. The molecule has 2 aromatic rings. The molecule has 0 aliphatic rings. The predicted molar refractivity (Wildman–Crippen MR) is 72.8 cm³/mol. The number of nitrogens with one attached hydrogen (secondary N) is 1. The smallest absolute Gasteiger partial charge is 0.258 e. The molecule has 1 N–H and O–H groups in total. The molecule has 94 valence electrons. The predicted octanol–water partition coefficient (Wildman–Crippen LogP) is 3.61. The second-order valence-electron chi connectivity index (χ2n) is 4.09. The number of rotatable bonds is 2. The van der Waals surface area contributed by atoms with Crippen molar-refractivity contribution in [3.63, 3.8) is 0 Å². The third-order valence-electron chi connectivity index (χ3n) is 2.90. The highest BCUT2D eigenvalue weighted by molar-refractivity contribution is 9.10. The monoisotopic (exact) mass is 308 g/mol. The van der Waals surface area contributed by atoms with E-state index >= 15 is 0 Å². The Bertz CT molecular complexity index is 605. The minimum atomic E-state index is -0.201. The summed E-state index contributed by atoms with van der Waals surface area (Å²) in [5.74, 6) is 0.199. The van der Waals surface area contributed by atoms with Crippen LogP contribution in [0, 0.1) is 20.8 Å². The topological polar surface area (TPSA) is 55.1 Å². The Labute approximate surface area is 113 Å². The Morgan fingerprint density at radius 1 is 1.28 bits per heavy atom. The first-order valence-corrected chi connectivity index (χ1v) is 6.29.